The van der Waals surface area contributed by atoms with Gasteiger partial charge in [-0.05, 0) is 63.3 Å². The number of aryl methyl sites for hydroxylation is 4. The highest BCUT2D eigenvalue weighted by Gasteiger charge is 2.24. The fraction of sp³-hybridized carbons (Fsp3) is 0.413. The molecule has 0 aliphatic rings. The zero-order valence-electron chi connectivity index (χ0n) is 32.5. The number of ether oxygens (including phenoxy) is 2. The molecule has 0 saturated heterocycles. The van der Waals surface area contributed by atoms with E-state index in [1.54, 1.807) is 6.07 Å². The van der Waals surface area contributed by atoms with Gasteiger partial charge in [0.15, 0.2) is 17.5 Å². The fourth-order valence-electron chi connectivity index (χ4n) is 6.96. The topological polar surface area (TPSA) is 97.6 Å². The molecule has 0 radical (unpaired) electrons. The summed E-state index contributed by atoms with van der Waals surface area (Å²) in [5, 5.41) is 22.5. The number of rotatable bonds is 19. The molecule has 0 aliphatic heterocycles. The summed E-state index contributed by atoms with van der Waals surface area (Å²) in [5.74, 6) is 1.90. The van der Waals surface area contributed by atoms with Gasteiger partial charge in [0, 0.05) is 35.3 Å². The lowest BCUT2D eigenvalue weighted by Gasteiger charge is -2.23. The molecule has 0 saturated carbocycles. The molecular formula is C46H57N3O4. The minimum absolute atomic E-state index is 0.0132. The van der Waals surface area contributed by atoms with Gasteiger partial charge in [0.2, 0.25) is 0 Å². The van der Waals surface area contributed by atoms with Gasteiger partial charge in [0.05, 0.1) is 12.2 Å². The van der Waals surface area contributed by atoms with Crippen molar-refractivity contribution in [2.45, 2.75) is 105 Å². The van der Waals surface area contributed by atoms with Gasteiger partial charge in [0.25, 0.3) is 0 Å². The summed E-state index contributed by atoms with van der Waals surface area (Å²) in [6.07, 6.45) is 8.45. The van der Waals surface area contributed by atoms with Crippen LogP contribution in [0, 0.1) is 27.7 Å². The summed E-state index contributed by atoms with van der Waals surface area (Å²) in [6, 6.07) is 26.3. The first-order chi connectivity index (χ1) is 25.7. The third-order valence-corrected chi connectivity index (χ3v) is 9.87. The molecule has 0 spiro atoms. The Balaban J connectivity index is 1.48. The molecule has 7 heteroatoms. The normalized spacial score (nSPS) is 12.5. The first-order valence-electron chi connectivity index (χ1n) is 19.4. The van der Waals surface area contributed by atoms with Crippen LogP contribution in [0.1, 0.15) is 105 Å². The average molecular weight is 716 g/mol. The average Bonchev–Trinajstić information content (AvgIpc) is 3.14. The Morgan fingerprint density at radius 1 is 0.623 bits per heavy atom. The summed E-state index contributed by atoms with van der Waals surface area (Å²) in [5.41, 5.74) is 8.73. The van der Waals surface area contributed by atoms with E-state index in [1.165, 1.54) is 32.1 Å². The van der Waals surface area contributed by atoms with Gasteiger partial charge in [0.1, 0.15) is 24.2 Å². The van der Waals surface area contributed by atoms with E-state index >= 15 is 0 Å². The molecule has 0 aliphatic carbocycles. The number of nitrogens with zero attached hydrogens (tertiary/aromatic N) is 3. The predicted octanol–water partition coefficient (Wildman–Crippen LogP) is 10.9. The lowest BCUT2D eigenvalue weighted by molar-refractivity contribution is 0.0107. The highest BCUT2D eigenvalue weighted by molar-refractivity contribution is 5.73. The lowest BCUT2D eigenvalue weighted by Crippen LogP contribution is -2.24. The quantitative estimate of drug-likeness (QED) is 0.0821. The molecule has 2 N–H and O–H groups in total. The van der Waals surface area contributed by atoms with Crippen molar-refractivity contribution in [3.05, 3.63) is 112 Å². The Bertz CT molecular complexity index is 1860. The summed E-state index contributed by atoms with van der Waals surface area (Å²) in [4.78, 5) is 15.0. The van der Waals surface area contributed by atoms with E-state index in [0.717, 1.165) is 63.8 Å². The van der Waals surface area contributed by atoms with Gasteiger partial charge >= 0.3 is 0 Å². The summed E-state index contributed by atoms with van der Waals surface area (Å²) < 4.78 is 12.1. The summed E-state index contributed by atoms with van der Waals surface area (Å²) >= 11 is 0. The Kier molecular flexibility index (Phi) is 14.6. The first-order valence-corrected chi connectivity index (χ1v) is 19.4. The smallest absolute Gasteiger partial charge is 0.167 e. The van der Waals surface area contributed by atoms with Gasteiger partial charge in [-0.3, -0.25) is 0 Å². The molecule has 5 rings (SSSR count). The molecule has 53 heavy (non-hydrogen) atoms. The fourth-order valence-corrected chi connectivity index (χ4v) is 6.96. The number of unbranched alkanes of at least 4 members (excludes halogenated alkanes) is 6. The molecule has 0 bridgehead atoms. The van der Waals surface area contributed by atoms with Crippen LogP contribution < -0.4 is 4.74 Å². The van der Waals surface area contributed by atoms with Crippen LogP contribution in [0.15, 0.2) is 78.9 Å². The van der Waals surface area contributed by atoms with Gasteiger partial charge in [-0.25, -0.2) is 15.0 Å². The van der Waals surface area contributed by atoms with Crippen molar-refractivity contribution in [3.63, 3.8) is 0 Å². The Morgan fingerprint density at radius 3 is 1.75 bits per heavy atom. The van der Waals surface area contributed by atoms with Crippen LogP contribution in [-0.2, 0) is 4.74 Å². The van der Waals surface area contributed by atoms with Crippen molar-refractivity contribution in [3.8, 4) is 45.7 Å². The van der Waals surface area contributed by atoms with E-state index in [9.17, 15) is 10.2 Å². The van der Waals surface area contributed by atoms with E-state index < -0.39 is 6.10 Å². The van der Waals surface area contributed by atoms with Crippen LogP contribution in [0.4, 0.5) is 0 Å². The molecule has 5 aromatic rings. The highest BCUT2D eigenvalue weighted by atomic mass is 16.5. The minimum atomic E-state index is -0.810. The third kappa shape index (κ3) is 10.7. The van der Waals surface area contributed by atoms with E-state index in [2.05, 4.69) is 77.9 Å². The maximum absolute atomic E-state index is 11.7. The number of phenolic OH excluding ortho intramolecular Hbond substituents is 1. The second-order valence-electron chi connectivity index (χ2n) is 14.4. The molecule has 1 heterocycles. The molecule has 0 amide bonds. The van der Waals surface area contributed by atoms with Crippen molar-refractivity contribution in [2.75, 3.05) is 19.8 Å². The Labute approximate surface area is 316 Å². The zero-order chi connectivity index (χ0) is 37.7. The van der Waals surface area contributed by atoms with Crippen LogP contribution in [0.3, 0.4) is 0 Å². The van der Waals surface area contributed by atoms with Crippen molar-refractivity contribution in [2.24, 2.45) is 0 Å². The second kappa shape index (κ2) is 19.5. The van der Waals surface area contributed by atoms with Crippen molar-refractivity contribution >= 4 is 0 Å². The predicted molar refractivity (Wildman–Crippen MR) is 216 cm³/mol. The number of aromatic nitrogens is 3. The summed E-state index contributed by atoms with van der Waals surface area (Å²) in [7, 11) is 0. The van der Waals surface area contributed by atoms with Crippen molar-refractivity contribution < 1.29 is 19.7 Å². The molecule has 7 nitrogen and oxygen atoms in total. The Morgan fingerprint density at radius 2 is 1.19 bits per heavy atom. The lowest BCUT2D eigenvalue weighted by atomic mass is 9.87. The van der Waals surface area contributed by atoms with Crippen LogP contribution >= 0.6 is 0 Å². The molecule has 2 atom stereocenters. The number of hydrogen-bond acceptors (Lipinski definition) is 7. The maximum Gasteiger partial charge on any atom is 0.167 e. The van der Waals surface area contributed by atoms with Crippen LogP contribution in [0.25, 0.3) is 34.2 Å². The number of benzene rings is 4. The van der Waals surface area contributed by atoms with Crippen LogP contribution in [0.5, 0.6) is 11.5 Å². The first kappa shape index (κ1) is 39.6. The van der Waals surface area contributed by atoms with E-state index in [4.69, 9.17) is 24.4 Å². The zero-order valence-corrected chi connectivity index (χ0v) is 32.5. The summed E-state index contributed by atoms with van der Waals surface area (Å²) in [6.45, 7) is 13.5. The molecular weight excluding hydrogens is 659 g/mol. The standard InChI is InChI=1S/C46H57N3O4/c1-7-9-10-11-12-13-17-24-52-29-36(50)30-53-43-28-42(51)41(27-40(43)37(8-2)35-18-15-14-16-19-35)46-48-44(38-22-20-31(3)25-33(38)5)47-45(49-46)39-23-21-32(4)26-34(39)6/h14-16,18-23,25-28,36-37,50-51H,7-13,17,24,29-30H2,1-6H3. The molecule has 2 unspecified atom stereocenters. The SMILES string of the molecule is CCCCCCCCCOCC(O)COc1cc(O)c(-c2nc(-c3ccc(C)cc3C)nc(-c3ccc(C)cc3C)n2)cc1C(CC)c1ccccc1. The van der Waals surface area contributed by atoms with Crippen LogP contribution in [-0.4, -0.2) is 51.1 Å². The molecule has 0 fully saturated rings. The van der Waals surface area contributed by atoms with E-state index in [1.807, 2.05) is 36.4 Å². The number of hydrogen-bond donors (Lipinski definition) is 2. The van der Waals surface area contributed by atoms with Crippen LogP contribution in [0.2, 0.25) is 0 Å². The largest absolute Gasteiger partial charge is 0.507 e. The molecule has 1 aromatic heterocycles. The van der Waals surface area contributed by atoms with Gasteiger partial charge in [-0.15, -0.1) is 0 Å². The minimum Gasteiger partial charge on any atom is -0.507 e. The number of aliphatic hydroxyl groups excluding tert-OH is 1. The number of phenols is 1. The van der Waals surface area contributed by atoms with Gasteiger partial charge in [-0.1, -0.05) is 130 Å². The third-order valence-electron chi connectivity index (χ3n) is 9.87. The van der Waals surface area contributed by atoms with Gasteiger partial charge < -0.3 is 19.7 Å². The highest BCUT2D eigenvalue weighted by Crippen LogP contribution is 2.42. The number of aromatic hydroxyl groups is 1. The monoisotopic (exact) mass is 715 g/mol. The van der Waals surface area contributed by atoms with Gasteiger partial charge in [-0.2, -0.15) is 0 Å². The second-order valence-corrected chi connectivity index (χ2v) is 14.4. The number of aliphatic hydroxyl groups is 1. The van der Waals surface area contributed by atoms with Crippen molar-refractivity contribution in [1.82, 2.24) is 15.0 Å². The Hall–Kier alpha value is -4.59. The van der Waals surface area contributed by atoms with Crippen molar-refractivity contribution in [1.29, 1.82) is 0 Å². The molecule has 280 valence electrons. The van der Waals surface area contributed by atoms with E-state index in [-0.39, 0.29) is 24.9 Å². The molecule has 4 aromatic carbocycles. The maximum atomic E-state index is 11.7. The van der Waals surface area contributed by atoms with E-state index in [0.29, 0.717) is 35.4 Å².